The van der Waals surface area contributed by atoms with Crippen molar-refractivity contribution in [3.63, 3.8) is 0 Å². The number of fused-ring (bicyclic) bond motifs is 3. The first-order valence-electron chi connectivity index (χ1n) is 8.31. The predicted molar refractivity (Wildman–Crippen MR) is 89.9 cm³/mol. The Morgan fingerprint density at radius 2 is 2.17 bits per heavy atom. The van der Waals surface area contributed by atoms with Crippen LogP contribution in [0.4, 0.5) is 0 Å². The van der Waals surface area contributed by atoms with E-state index in [4.69, 9.17) is 20.5 Å². The molecule has 0 aliphatic carbocycles. The first kappa shape index (κ1) is 10.9. The summed E-state index contributed by atoms with van der Waals surface area (Å²) < 4.78 is 28.1. The molecule has 2 aromatic rings. The Bertz CT molecular complexity index is 1150. The van der Waals surface area contributed by atoms with Gasteiger partial charge in [-0.25, -0.2) is 0 Å². The Hall–Kier alpha value is -2.79. The minimum Gasteiger partial charge on any atom is -0.494 e. The van der Waals surface area contributed by atoms with Crippen LogP contribution in [0.3, 0.4) is 0 Å². The van der Waals surface area contributed by atoms with Gasteiger partial charge in [0.2, 0.25) is 0 Å². The van der Waals surface area contributed by atoms with Crippen molar-refractivity contribution in [2.24, 2.45) is 0 Å². The van der Waals surface area contributed by atoms with Gasteiger partial charge in [-0.05, 0) is 30.3 Å². The van der Waals surface area contributed by atoms with Gasteiger partial charge in [0.15, 0.2) is 0 Å². The maximum atomic E-state index is 12.8. The third kappa shape index (κ3) is 2.09. The summed E-state index contributed by atoms with van der Waals surface area (Å²) in [6.07, 6.45) is 1.57. The molecule has 2 aliphatic heterocycles. The monoisotopic (exact) mass is 328 g/mol. The van der Waals surface area contributed by atoms with Crippen molar-refractivity contribution in [2.45, 2.75) is 0 Å². The van der Waals surface area contributed by atoms with E-state index in [0.717, 1.165) is 10.2 Å². The van der Waals surface area contributed by atoms with Crippen LogP contribution in [-0.2, 0) is 0 Å². The van der Waals surface area contributed by atoms with E-state index in [1.165, 1.54) is 6.07 Å². The van der Waals surface area contributed by atoms with Gasteiger partial charge in [0.05, 0.1) is 16.7 Å². The summed E-state index contributed by atoms with van der Waals surface area (Å²) in [5, 5.41) is 5.62. The number of hydrogen-bond acceptors (Lipinski definition) is 3. The highest BCUT2D eigenvalue weighted by Crippen LogP contribution is 2.29. The fraction of sp³-hybridized carbons (Fsp3) is 0.0588. The molecule has 0 saturated carbocycles. The molecule has 2 aromatic carbocycles. The number of aromatic nitrogens is 3. The molecule has 114 valence electrons. The number of benzene rings is 2. The summed E-state index contributed by atoms with van der Waals surface area (Å²) in [5.74, 6) is 0.0451. The molecule has 23 heavy (non-hydrogen) atoms. The van der Waals surface area contributed by atoms with Crippen LogP contribution < -0.4 is 10.3 Å². The second-order valence-corrected chi connectivity index (χ2v) is 5.46. The molecule has 4 rings (SSSR count). The number of nitrogens with one attached hydrogen (secondary N) is 1. The third-order valence-electron chi connectivity index (χ3n) is 3.69. The smallest absolute Gasteiger partial charge is 0.282 e. The minimum atomic E-state index is -2.64. The highest BCUT2D eigenvalue weighted by atomic mass is 35.5. The van der Waals surface area contributed by atoms with E-state index in [9.17, 15) is 4.79 Å². The Kier molecular flexibility index (Phi) is 2.43. The van der Waals surface area contributed by atoms with Gasteiger partial charge in [-0.15, -0.1) is 0 Å². The van der Waals surface area contributed by atoms with Gasteiger partial charge in [-0.1, -0.05) is 23.7 Å². The molecule has 6 heteroatoms. The molecule has 5 nitrogen and oxygen atoms in total. The van der Waals surface area contributed by atoms with Gasteiger partial charge in [-0.3, -0.25) is 4.79 Å². The fourth-order valence-electron chi connectivity index (χ4n) is 2.61. The predicted octanol–water partition coefficient (Wildman–Crippen LogP) is 3.48. The van der Waals surface area contributed by atoms with Gasteiger partial charge in [-0.2, -0.15) is 9.78 Å². The number of rotatable bonds is 2. The number of H-pyrrole nitrogens is 1. The van der Waals surface area contributed by atoms with Gasteiger partial charge < -0.3 is 9.72 Å². The summed E-state index contributed by atoms with van der Waals surface area (Å²) >= 11 is 6.07. The lowest BCUT2D eigenvalue weighted by molar-refractivity contribution is 0.411. The van der Waals surface area contributed by atoms with Crippen molar-refractivity contribution in [3.8, 4) is 22.7 Å². The minimum absolute atomic E-state index is 0.0451. The molecule has 1 N–H and O–H groups in total. The lowest BCUT2D eigenvalue weighted by atomic mass is 10.1. The average molecular weight is 329 g/mol. The van der Waals surface area contributed by atoms with E-state index in [2.05, 4.69) is 10.1 Å². The van der Waals surface area contributed by atoms with E-state index in [1.54, 1.807) is 42.6 Å². The molecule has 0 atom stereocenters. The zero-order chi connectivity index (χ0) is 18.5. The molecule has 0 fully saturated rings. The Morgan fingerprint density at radius 1 is 1.30 bits per heavy atom. The number of hydrogen-bond donors (Lipinski definition) is 1. The number of methoxy groups -OCH3 is 1. The Labute approximate surface area is 140 Å². The van der Waals surface area contributed by atoms with Crippen molar-refractivity contribution < 1.29 is 8.85 Å². The molecule has 0 bridgehead atoms. The maximum absolute atomic E-state index is 12.8. The Balaban J connectivity index is 1.98. The van der Waals surface area contributed by atoms with Crippen molar-refractivity contribution in [1.82, 2.24) is 14.8 Å². The standard InChI is InChI=1S/C17H12ClN3O2/c1-23-15-5-3-2-4-14(15)21-17(22)12-9-19-13-7-6-10(18)8-11(13)16(12)20-21/h2-9,19H,1H3/i1D3. The van der Waals surface area contributed by atoms with Crippen LogP contribution in [-0.4, -0.2) is 21.8 Å². The molecular weight excluding hydrogens is 314 g/mol. The Morgan fingerprint density at radius 3 is 3.04 bits per heavy atom. The topological polar surface area (TPSA) is 59.9 Å². The van der Waals surface area contributed by atoms with E-state index in [-0.39, 0.29) is 17.0 Å². The summed E-state index contributed by atoms with van der Waals surface area (Å²) in [5.41, 5.74) is 1.47. The van der Waals surface area contributed by atoms with E-state index >= 15 is 0 Å². The van der Waals surface area contributed by atoms with Crippen LogP contribution in [0.15, 0.2) is 53.5 Å². The van der Waals surface area contributed by atoms with Gasteiger partial charge in [0, 0.05) is 22.1 Å². The first-order valence-corrected chi connectivity index (χ1v) is 7.19. The number of nitrogens with zero attached hydrogens (tertiary/aromatic N) is 2. The first-order chi connectivity index (χ1) is 12.3. The summed E-state index contributed by atoms with van der Waals surface area (Å²) in [7, 11) is -2.64. The lowest BCUT2D eigenvalue weighted by Crippen LogP contribution is -2.15. The number of aromatic amines is 1. The van der Waals surface area contributed by atoms with Crippen LogP contribution in [0.25, 0.3) is 27.8 Å². The van der Waals surface area contributed by atoms with E-state index in [1.807, 2.05) is 0 Å². The van der Waals surface area contributed by atoms with E-state index in [0.29, 0.717) is 21.7 Å². The van der Waals surface area contributed by atoms with Crippen LogP contribution in [0.1, 0.15) is 4.11 Å². The molecule has 2 heterocycles. The highest BCUT2D eigenvalue weighted by molar-refractivity contribution is 6.31. The maximum Gasteiger partial charge on any atom is 0.282 e. The molecule has 0 spiro atoms. The summed E-state index contributed by atoms with van der Waals surface area (Å²) in [6, 6.07) is 11.6. The van der Waals surface area contributed by atoms with Crippen molar-refractivity contribution in [1.29, 1.82) is 0 Å². The molecule has 0 radical (unpaired) electrons. The van der Waals surface area contributed by atoms with Crippen LogP contribution in [0, 0.1) is 0 Å². The zero-order valence-corrected chi connectivity index (χ0v) is 12.5. The normalized spacial score (nSPS) is 13.7. The molecule has 0 amide bonds. The van der Waals surface area contributed by atoms with E-state index < -0.39 is 7.04 Å². The SMILES string of the molecule is [2H]C([2H])([2H])Oc1ccccc1-n1nc2c3cc(Cl)ccc3[nH]cc-2c1=O. The quantitative estimate of drug-likeness (QED) is 0.613. The van der Waals surface area contributed by atoms with Gasteiger partial charge in [0.1, 0.15) is 17.1 Å². The van der Waals surface area contributed by atoms with Crippen LogP contribution >= 0.6 is 11.6 Å². The summed E-state index contributed by atoms with van der Waals surface area (Å²) in [6.45, 7) is 0. The van der Waals surface area contributed by atoms with Crippen molar-refractivity contribution >= 4 is 22.5 Å². The number of pyridine rings is 1. The largest absolute Gasteiger partial charge is 0.494 e. The molecular formula is C17H12ClN3O2. The molecule has 0 saturated heterocycles. The average Bonchev–Trinajstić information content (AvgIpc) is 2.91. The molecule has 2 aliphatic rings. The number of ether oxygens (including phenoxy) is 1. The number of para-hydroxylation sites is 2. The lowest BCUT2D eigenvalue weighted by Gasteiger charge is -2.06. The number of halogens is 1. The second kappa shape index (κ2) is 5.14. The fourth-order valence-corrected chi connectivity index (χ4v) is 2.79. The molecule has 0 aromatic heterocycles. The molecule has 0 unspecified atom stereocenters. The zero-order valence-electron chi connectivity index (χ0n) is 14.7. The van der Waals surface area contributed by atoms with Crippen molar-refractivity contribution in [2.75, 3.05) is 7.04 Å². The van der Waals surface area contributed by atoms with Gasteiger partial charge >= 0.3 is 0 Å². The van der Waals surface area contributed by atoms with Crippen molar-refractivity contribution in [3.05, 3.63) is 64.0 Å². The van der Waals surface area contributed by atoms with Crippen LogP contribution in [0.2, 0.25) is 5.02 Å². The summed E-state index contributed by atoms with van der Waals surface area (Å²) in [4.78, 5) is 15.9. The highest BCUT2D eigenvalue weighted by Gasteiger charge is 2.20. The van der Waals surface area contributed by atoms with Crippen LogP contribution in [0.5, 0.6) is 5.75 Å². The second-order valence-electron chi connectivity index (χ2n) is 5.03. The van der Waals surface area contributed by atoms with Gasteiger partial charge in [0.25, 0.3) is 5.56 Å². The third-order valence-corrected chi connectivity index (χ3v) is 3.93.